The first-order chi connectivity index (χ1) is 11.8. The molecule has 4 nitrogen and oxygen atoms in total. The molecule has 1 aliphatic heterocycles. The number of amides is 2. The first kappa shape index (κ1) is 18.2. The predicted molar refractivity (Wildman–Crippen MR) is 104 cm³/mol. The fourth-order valence-corrected chi connectivity index (χ4v) is 3.41. The summed E-state index contributed by atoms with van der Waals surface area (Å²) in [5, 5.41) is 3.80. The van der Waals surface area contributed by atoms with Gasteiger partial charge in [-0.15, -0.1) is 0 Å². The second-order valence-corrected chi connectivity index (χ2v) is 7.65. The van der Waals surface area contributed by atoms with Crippen molar-refractivity contribution in [3.8, 4) is 0 Å². The Morgan fingerprint density at radius 1 is 1.24 bits per heavy atom. The molecule has 0 unspecified atom stereocenters. The normalized spacial score (nSPS) is 17.0. The minimum absolute atomic E-state index is 0.142. The second-order valence-electron chi connectivity index (χ2n) is 5.95. The number of hydrogen-bond donors (Lipinski definition) is 1. The van der Waals surface area contributed by atoms with Crippen LogP contribution in [0, 0.1) is 12.8 Å². The van der Waals surface area contributed by atoms with Gasteiger partial charge in [0.15, 0.2) is 0 Å². The van der Waals surface area contributed by atoms with E-state index in [1.807, 2.05) is 25.1 Å². The van der Waals surface area contributed by atoms with Crippen LogP contribution in [0.2, 0.25) is 10.0 Å². The van der Waals surface area contributed by atoms with E-state index in [1.54, 1.807) is 18.2 Å². The van der Waals surface area contributed by atoms with E-state index in [1.165, 1.54) is 4.90 Å². The summed E-state index contributed by atoms with van der Waals surface area (Å²) in [5.74, 6) is -0.765. The van der Waals surface area contributed by atoms with Gasteiger partial charge in [-0.1, -0.05) is 39.1 Å². The molecule has 0 radical (unpaired) electrons. The molecule has 2 aromatic carbocycles. The van der Waals surface area contributed by atoms with Gasteiger partial charge in [0.2, 0.25) is 11.8 Å². The van der Waals surface area contributed by atoms with E-state index in [2.05, 4.69) is 21.2 Å². The van der Waals surface area contributed by atoms with Crippen molar-refractivity contribution in [1.82, 2.24) is 0 Å². The van der Waals surface area contributed by atoms with Crippen molar-refractivity contribution in [1.29, 1.82) is 0 Å². The first-order valence-electron chi connectivity index (χ1n) is 7.67. The largest absolute Gasteiger partial charge is 0.326 e. The molecule has 0 spiro atoms. The zero-order valence-corrected chi connectivity index (χ0v) is 16.5. The maximum Gasteiger partial charge on any atom is 0.229 e. The van der Waals surface area contributed by atoms with Crippen LogP contribution in [0.4, 0.5) is 11.4 Å². The number of nitrogens with one attached hydrogen (secondary N) is 1. The molecule has 1 saturated heterocycles. The highest BCUT2D eigenvalue weighted by atomic mass is 79.9. The molecule has 2 amide bonds. The molecule has 0 saturated carbocycles. The molecular formula is C18H15BrCl2N2O2. The smallest absolute Gasteiger partial charge is 0.229 e. The lowest BCUT2D eigenvalue weighted by molar-refractivity contribution is -0.122. The molecule has 1 N–H and O–H groups in total. The third-order valence-corrected chi connectivity index (χ3v) is 5.56. The lowest BCUT2D eigenvalue weighted by Gasteiger charge is -2.18. The minimum Gasteiger partial charge on any atom is -0.326 e. The number of halogens is 3. The summed E-state index contributed by atoms with van der Waals surface area (Å²) >= 11 is 15.6. The summed E-state index contributed by atoms with van der Waals surface area (Å²) in [6.07, 6.45) is 0.143. The van der Waals surface area contributed by atoms with Gasteiger partial charge in [-0.2, -0.15) is 0 Å². The fraction of sp³-hybridized carbons (Fsp3) is 0.222. The summed E-state index contributed by atoms with van der Waals surface area (Å²) in [6, 6.07) is 10.5. The van der Waals surface area contributed by atoms with Crippen molar-refractivity contribution in [2.45, 2.75) is 13.3 Å². The van der Waals surface area contributed by atoms with Crippen molar-refractivity contribution in [2.75, 3.05) is 16.8 Å². The fourth-order valence-electron chi connectivity index (χ4n) is 2.78. The third-order valence-electron chi connectivity index (χ3n) is 4.12. The Balaban J connectivity index is 1.74. The van der Waals surface area contributed by atoms with Gasteiger partial charge in [0.25, 0.3) is 0 Å². The van der Waals surface area contributed by atoms with Gasteiger partial charge in [-0.05, 0) is 48.9 Å². The van der Waals surface area contributed by atoms with Crippen LogP contribution < -0.4 is 10.2 Å². The number of carbonyl (C=O) groups excluding carboxylic acids is 2. The summed E-state index contributed by atoms with van der Waals surface area (Å²) in [6.45, 7) is 2.22. The Bertz CT molecular complexity index is 857. The second kappa shape index (κ2) is 7.36. The molecular weight excluding hydrogens is 427 g/mol. The molecule has 1 atom stereocenters. The zero-order chi connectivity index (χ0) is 18.1. The number of rotatable bonds is 3. The molecule has 0 bridgehead atoms. The molecule has 0 aliphatic carbocycles. The number of anilines is 2. The number of aryl methyl sites for hydroxylation is 1. The SMILES string of the molecule is Cc1cc(NC(=O)[C@H]2CC(=O)N(c3cc(Cl)ccc3Cl)C2)ccc1Br. The Morgan fingerprint density at radius 2 is 2.00 bits per heavy atom. The van der Waals surface area contributed by atoms with Crippen LogP contribution in [-0.2, 0) is 9.59 Å². The highest BCUT2D eigenvalue weighted by Crippen LogP contribution is 2.33. The molecule has 130 valence electrons. The van der Waals surface area contributed by atoms with E-state index in [9.17, 15) is 9.59 Å². The molecule has 3 rings (SSSR count). The Labute approximate surface area is 164 Å². The average molecular weight is 442 g/mol. The third kappa shape index (κ3) is 4.00. The average Bonchev–Trinajstić information content (AvgIpc) is 2.95. The van der Waals surface area contributed by atoms with Crippen molar-refractivity contribution < 1.29 is 9.59 Å². The van der Waals surface area contributed by atoms with Gasteiger partial charge in [0.1, 0.15) is 0 Å². The Hall–Kier alpha value is -1.56. The highest BCUT2D eigenvalue weighted by Gasteiger charge is 2.36. The number of nitrogens with zero attached hydrogens (tertiary/aromatic N) is 1. The topological polar surface area (TPSA) is 49.4 Å². The summed E-state index contributed by atoms with van der Waals surface area (Å²) in [4.78, 5) is 26.4. The molecule has 1 aliphatic rings. The lowest BCUT2D eigenvalue weighted by Crippen LogP contribution is -2.28. The lowest BCUT2D eigenvalue weighted by atomic mass is 10.1. The van der Waals surface area contributed by atoms with Crippen LogP contribution in [0.25, 0.3) is 0 Å². The van der Waals surface area contributed by atoms with E-state index < -0.39 is 5.92 Å². The van der Waals surface area contributed by atoms with E-state index >= 15 is 0 Å². The van der Waals surface area contributed by atoms with Gasteiger partial charge in [-0.3, -0.25) is 9.59 Å². The zero-order valence-electron chi connectivity index (χ0n) is 13.4. The molecule has 1 heterocycles. The van der Waals surface area contributed by atoms with Crippen LogP contribution in [0.3, 0.4) is 0 Å². The predicted octanol–water partition coefficient (Wildman–Crippen LogP) is 5.06. The summed E-state index contributed by atoms with van der Waals surface area (Å²) in [5.41, 5.74) is 2.26. The monoisotopic (exact) mass is 440 g/mol. The summed E-state index contributed by atoms with van der Waals surface area (Å²) in [7, 11) is 0. The van der Waals surface area contributed by atoms with E-state index in [4.69, 9.17) is 23.2 Å². The van der Waals surface area contributed by atoms with Crippen molar-refractivity contribution in [2.24, 2.45) is 5.92 Å². The van der Waals surface area contributed by atoms with Crippen LogP contribution in [0.5, 0.6) is 0 Å². The van der Waals surface area contributed by atoms with E-state index in [0.717, 1.165) is 10.0 Å². The minimum atomic E-state index is -0.438. The van der Waals surface area contributed by atoms with Gasteiger partial charge in [0.05, 0.1) is 16.6 Å². The standard InChI is InChI=1S/C18H15BrCl2N2O2/c1-10-6-13(3-4-14(10)19)22-18(25)11-7-17(24)23(9-11)16-8-12(20)2-5-15(16)21/h2-6,8,11H,7,9H2,1H3,(H,22,25)/t11-/m0/s1. The summed E-state index contributed by atoms with van der Waals surface area (Å²) < 4.78 is 0.975. The van der Waals surface area contributed by atoms with Crippen LogP contribution in [-0.4, -0.2) is 18.4 Å². The molecule has 2 aromatic rings. The quantitative estimate of drug-likeness (QED) is 0.723. The van der Waals surface area contributed by atoms with E-state index in [-0.39, 0.29) is 24.8 Å². The number of hydrogen-bond acceptors (Lipinski definition) is 2. The van der Waals surface area contributed by atoms with Gasteiger partial charge < -0.3 is 10.2 Å². The number of carbonyl (C=O) groups is 2. The van der Waals surface area contributed by atoms with Crippen molar-refractivity contribution in [3.63, 3.8) is 0 Å². The molecule has 25 heavy (non-hydrogen) atoms. The Morgan fingerprint density at radius 3 is 2.72 bits per heavy atom. The maximum absolute atomic E-state index is 12.5. The number of benzene rings is 2. The maximum atomic E-state index is 12.5. The van der Waals surface area contributed by atoms with Gasteiger partial charge >= 0.3 is 0 Å². The Kier molecular flexibility index (Phi) is 5.37. The van der Waals surface area contributed by atoms with Crippen LogP contribution in [0.1, 0.15) is 12.0 Å². The van der Waals surface area contributed by atoms with Gasteiger partial charge in [0, 0.05) is 28.1 Å². The van der Waals surface area contributed by atoms with Crippen molar-refractivity contribution >= 4 is 62.3 Å². The highest BCUT2D eigenvalue weighted by molar-refractivity contribution is 9.10. The first-order valence-corrected chi connectivity index (χ1v) is 9.22. The van der Waals surface area contributed by atoms with Gasteiger partial charge in [-0.25, -0.2) is 0 Å². The van der Waals surface area contributed by atoms with Crippen LogP contribution >= 0.6 is 39.1 Å². The molecule has 7 heteroatoms. The molecule has 1 fully saturated rings. The van der Waals surface area contributed by atoms with Crippen molar-refractivity contribution in [3.05, 3.63) is 56.5 Å². The van der Waals surface area contributed by atoms with E-state index in [0.29, 0.717) is 21.4 Å². The molecule has 0 aromatic heterocycles. The van der Waals surface area contributed by atoms with Crippen LogP contribution in [0.15, 0.2) is 40.9 Å².